The average molecular weight is 442 g/mol. The number of piperazine rings is 1. The van der Waals surface area contributed by atoms with Gasteiger partial charge in [-0.25, -0.2) is 4.98 Å². The van der Waals surface area contributed by atoms with Gasteiger partial charge in [0.15, 0.2) is 0 Å². The SMILES string of the molecule is Cl.Cl.NCCCCCCC(=O)N1CCN(c2ccc(Br)cn2)CC1. The number of carbonyl (C=O) groups is 1. The van der Waals surface area contributed by atoms with Gasteiger partial charge >= 0.3 is 0 Å². The van der Waals surface area contributed by atoms with Gasteiger partial charge in [-0.05, 0) is 47.4 Å². The minimum Gasteiger partial charge on any atom is -0.353 e. The van der Waals surface area contributed by atoms with E-state index in [-0.39, 0.29) is 30.7 Å². The van der Waals surface area contributed by atoms with Gasteiger partial charge in [-0.3, -0.25) is 4.79 Å². The molecule has 1 aromatic rings. The number of aromatic nitrogens is 1. The summed E-state index contributed by atoms with van der Waals surface area (Å²) >= 11 is 3.40. The fourth-order valence-electron chi connectivity index (χ4n) is 2.67. The van der Waals surface area contributed by atoms with Crippen LogP contribution in [0.2, 0.25) is 0 Å². The molecule has 2 N–H and O–H groups in total. The third-order valence-electron chi connectivity index (χ3n) is 4.01. The van der Waals surface area contributed by atoms with E-state index in [2.05, 4.69) is 25.8 Å². The first kappa shape index (κ1) is 23.4. The molecular weight excluding hydrogens is 415 g/mol. The minimum absolute atomic E-state index is 0. The molecule has 0 unspecified atom stereocenters. The van der Waals surface area contributed by atoms with E-state index < -0.39 is 0 Å². The number of pyridine rings is 1. The third-order valence-corrected chi connectivity index (χ3v) is 4.48. The van der Waals surface area contributed by atoms with Crippen molar-refractivity contribution in [1.29, 1.82) is 0 Å². The van der Waals surface area contributed by atoms with Crippen LogP contribution in [0.4, 0.5) is 5.82 Å². The Morgan fingerprint density at radius 2 is 1.75 bits per heavy atom. The van der Waals surface area contributed by atoms with E-state index in [1.807, 2.05) is 23.2 Å². The van der Waals surface area contributed by atoms with E-state index in [1.165, 1.54) is 0 Å². The number of halogens is 3. The van der Waals surface area contributed by atoms with Crippen molar-refractivity contribution in [3.63, 3.8) is 0 Å². The fourth-order valence-corrected chi connectivity index (χ4v) is 2.91. The van der Waals surface area contributed by atoms with Gasteiger partial charge in [0.2, 0.25) is 5.91 Å². The molecule has 24 heavy (non-hydrogen) atoms. The van der Waals surface area contributed by atoms with Gasteiger partial charge in [-0.1, -0.05) is 12.8 Å². The zero-order chi connectivity index (χ0) is 15.8. The number of carbonyl (C=O) groups excluding carboxylic acids is 1. The van der Waals surface area contributed by atoms with Crippen molar-refractivity contribution in [1.82, 2.24) is 9.88 Å². The second kappa shape index (κ2) is 12.8. The summed E-state index contributed by atoms with van der Waals surface area (Å²) in [7, 11) is 0. The fraction of sp³-hybridized carbons (Fsp3) is 0.625. The highest BCUT2D eigenvalue weighted by Crippen LogP contribution is 2.17. The molecule has 0 spiro atoms. The molecule has 1 aromatic heterocycles. The molecule has 1 aliphatic heterocycles. The van der Waals surface area contributed by atoms with Gasteiger partial charge < -0.3 is 15.5 Å². The Kier molecular flexibility index (Phi) is 12.5. The van der Waals surface area contributed by atoms with Crippen LogP contribution < -0.4 is 10.6 Å². The van der Waals surface area contributed by atoms with E-state index in [0.29, 0.717) is 6.42 Å². The predicted molar refractivity (Wildman–Crippen MR) is 107 cm³/mol. The van der Waals surface area contributed by atoms with Crippen molar-refractivity contribution in [2.45, 2.75) is 32.1 Å². The van der Waals surface area contributed by atoms with Crippen LogP contribution in [0.3, 0.4) is 0 Å². The Bertz CT molecular complexity index is 468. The van der Waals surface area contributed by atoms with Crippen LogP contribution in [0.25, 0.3) is 0 Å². The molecule has 1 fully saturated rings. The second-order valence-electron chi connectivity index (χ2n) is 5.66. The van der Waals surface area contributed by atoms with Gasteiger partial charge in [0.1, 0.15) is 5.82 Å². The van der Waals surface area contributed by atoms with Crippen molar-refractivity contribution in [2.75, 3.05) is 37.6 Å². The normalized spacial score (nSPS) is 13.9. The third kappa shape index (κ3) is 7.55. The van der Waals surface area contributed by atoms with Crippen molar-refractivity contribution in [3.8, 4) is 0 Å². The summed E-state index contributed by atoms with van der Waals surface area (Å²) in [5.74, 6) is 1.27. The molecular formula is C16H27BrCl2N4O. The maximum Gasteiger partial charge on any atom is 0.222 e. The lowest BCUT2D eigenvalue weighted by Gasteiger charge is -2.35. The molecule has 1 aliphatic rings. The molecule has 138 valence electrons. The van der Waals surface area contributed by atoms with Gasteiger partial charge in [0.05, 0.1) is 0 Å². The first-order valence-corrected chi connectivity index (χ1v) is 8.84. The van der Waals surface area contributed by atoms with Crippen LogP contribution in [0, 0.1) is 0 Å². The highest BCUT2D eigenvalue weighted by molar-refractivity contribution is 9.10. The second-order valence-corrected chi connectivity index (χ2v) is 6.57. The molecule has 0 atom stereocenters. The summed E-state index contributed by atoms with van der Waals surface area (Å²) in [6, 6.07) is 4.01. The Morgan fingerprint density at radius 1 is 1.08 bits per heavy atom. The molecule has 0 saturated carbocycles. The van der Waals surface area contributed by atoms with Crippen LogP contribution in [0.1, 0.15) is 32.1 Å². The number of anilines is 1. The number of nitrogens with zero attached hydrogens (tertiary/aromatic N) is 3. The van der Waals surface area contributed by atoms with Gasteiger partial charge in [0, 0.05) is 43.3 Å². The van der Waals surface area contributed by atoms with Crippen molar-refractivity contribution in [2.24, 2.45) is 5.73 Å². The Labute approximate surface area is 165 Å². The monoisotopic (exact) mass is 440 g/mol. The van der Waals surface area contributed by atoms with Crippen LogP contribution >= 0.6 is 40.7 Å². The molecule has 0 radical (unpaired) electrons. The highest BCUT2D eigenvalue weighted by Gasteiger charge is 2.21. The zero-order valence-electron chi connectivity index (χ0n) is 13.8. The smallest absolute Gasteiger partial charge is 0.222 e. The van der Waals surface area contributed by atoms with E-state index in [9.17, 15) is 4.79 Å². The molecule has 2 heterocycles. The van der Waals surface area contributed by atoms with E-state index >= 15 is 0 Å². The van der Waals surface area contributed by atoms with Gasteiger partial charge in [0.25, 0.3) is 0 Å². The first-order valence-electron chi connectivity index (χ1n) is 8.05. The summed E-state index contributed by atoms with van der Waals surface area (Å²) in [6.07, 6.45) is 6.76. The topological polar surface area (TPSA) is 62.5 Å². The van der Waals surface area contributed by atoms with Gasteiger partial charge in [-0.15, -0.1) is 24.8 Å². The molecule has 2 rings (SSSR count). The zero-order valence-corrected chi connectivity index (χ0v) is 17.0. The van der Waals surface area contributed by atoms with Crippen LogP contribution in [0.15, 0.2) is 22.8 Å². The number of nitrogens with two attached hydrogens (primary N) is 1. The molecule has 1 amide bonds. The molecule has 5 nitrogen and oxygen atoms in total. The molecule has 8 heteroatoms. The summed E-state index contributed by atoms with van der Waals surface area (Å²) in [4.78, 5) is 20.8. The largest absolute Gasteiger partial charge is 0.353 e. The van der Waals surface area contributed by atoms with E-state index in [1.54, 1.807) is 0 Å². The van der Waals surface area contributed by atoms with Crippen molar-refractivity contribution < 1.29 is 4.79 Å². The van der Waals surface area contributed by atoms with Crippen molar-refractivity contribution >= 4 is 52.5 Å². The number of hydrogen-bond donors (Lipinski definition) is 1. The maximum atomic E-state index is 12.2. The molecule has 0 aromatic carbocycles. The van der Waals surface area contributed by atoms with E-state index in [4.69, 9.17) is 5.73 Å². The summed E-state index contributed by atoms with van der Waals surface area (Å²) in [5.41, 5.74) is 5.47. The summed E-state index contributed by atoms with van der Waals surface area (Å²) in [5, 5.41) is 0. The van der Waals surface area contributed by atoms with Crippen LogP contribution in [-0.2, 0) is 4.79 Å². The first-order chi connectivity index (χ1) is 10.7. The summed E-state index contributed by atoms with van der Waals surface area (Å²) in [6.45, 7) is 4.04. The lowest BCUT2D eigenvalue weighted by molar-refractivity contribution is -0.131. The lowest BCUT2D eigenvalue weighted by atomic mass is 10.1. The molecule has 0 aliphatic carbocycles. The van der Waals surface area contributed by atoms with Crippen LogP contribution in [-0.4, -0.2) is 48.5 Å². The number of rotatable bonds is 7. The quantitative estimate of drug-likeness (QED) is 0.659. The van der Waals surface area contributed by atoms with Crippen LogP contribution in [0.5, 0.6) is 0 Å². The molecule has 1 saturated heterocycles. The standard InChI is InChI=1S/C16H25BrN4O.2ClH/c17-14-6-7-15(19-13-14)20-9-11-21(12-10-20)16(22)5-3-1-2-4-8-18;;/h6-7,13H,1-5,8-12,18H2;2*1H. The Hall–Kier alpha value is -0.560. The molecule has 0 bridgehead atoms. The van der Waals surface area contributed by atoms with E-state index in [0.717, 1.165) is 68.7 Å². The number of unbranched alkanes of at least 4 members (excludes halogenated alkanes) is 3. The number of amides is 1. The predicted octanol–water partition coefficient (Wildman–Crippen LogP) is 3.25. The Morgan fingerprint density at radius 3 is 2.33 bits per heavy atom. The van der Waals surface area contributed by atoms with Gasteiger partial charge in [-0.2, -0.15) is 0 Å². The lowest BCUT2D eigenvalue weighted by Crippen LogP contribution is -2.49. The number of hydrogen-bond acceptors (Lipinski definition) is 4. The average Bonchev–Trinajstić information content (AvgIpc) is 2.55. The summed E-state index contributed by atoms with van der Waals surface area (Å²) < 4.78 is 0.986. The maximum absolute atomic E-state index is 12.2. The highest BCUT2D eigenvalue weighted by atomic mass is 79.9. The minimum atomic E-state index is 0. The van der Waals surface area contributed by atoms with Crippen molar-refractivity contribution in [3.05, 3.63) is 22.8 Å². The Balaban J connectivity index is 0.00000264.